The highest BCUT2D eigenvalue weighted by molar-refractivity contribution is 5.75. The minimum absolute atomic E-state index is 0.00400. The van der Waals surface area contributed by atoms with Gasteiger partial charge in [0, 0.05) is 13.0 Å². The number of carbonyl (C=O) groups excluding carboxylic acids is 1. The summed E-state index contributed by atoms with van der Waals surface area (Å²) in [5, 5.41) is 12.2. The number of carbonyl (C=O) groups is 1. The van der Waals surface area contributed by atoms with Gasteiger partial charge in [0.2, 0.25) is 5.91 Å². The molecule has 0 rings (SSSR count). The highest BCUT2D eigenvalue weighted by Gasteiger charge is 2.20. The van der Waals surface area contributed by atoms with E-state index in [2.05, 4.69) is 5.32 Å². The monoisotopic (exact) mass is 245 g/mol. The summed E-state index contributed by atoms with van der Waals surface area (Å²) in [7, 11) is 0. The first-order valence-corrected chi connectivity index (χ1v) is 6.29. The van der Waals surface area contributed by atoms with E-state index in [0.717, 1.165) is 0 Å². The molecule has 1 amide bonds. The zero-order valence-corrected chi connectivity index (χ0v) is 11.7. The Bertz CT molecular complexity index is 225. The van der Waals surface area contributed by atoms with E-state index in [1.165, 1.54) is 0 Å². The first-order valence-electron chi connectivity index (χ1n) is 6.29. The summed E-state index contributed by atoms with van der Waals surface area (Å²) in [5.41, 5.74) is -0.0806. The van der Waals surface area contributed by atoms with Crippen LogP contribution in [0.1, 0.15) is 47.5 Å². The van der Waals surface area contributed by atoms with Crippen LogP contribution in [0, 0.1) is 5.41 Å². The third kappa shape index (κ3) is 10.3. The fourth-order valence-electron chi connectivity index (χ4n) is 1.69. The van der Waals surface area contributed by atoms with Crippen LogP contribution in [0.3, 0.4) is 0 Å². The van der Waals surface area contributed by atoms with E-state index < -0.39 is 0 Å². The summed E-state index contributed by atoms with van der Waals surface area (Å²) in [6, 6.07) is 0. The van der Waals surface area contributed by atoms with Gasteiger partial charge in [-0.2, -0.15) is 0 Å². The third-order valence-corrected chi connectivity index (χ3v) is 2.39. The molecule has 1 unspecified atom stereocenters. The first kappa shape index (κ1) is 16.4. The van der Waals surface area contributed by atoms with E-state index in [4.69, 9.17) is 4.74 Å². The average molecular weight is 245 g/mol. The minimum atomic E-state index is -0.342. The number of ether oxygens (including phenoxy) is 1. The van der Waals surface area contributed by atoms with Gasteiger partial charge in [0.05, 0.1) is 18.8 Å². The fraction of sp³-hybridized carbons (Fsp3) is 0.923. The van der Waals surface area contributed by atoms with E-state index in [1.807, 2.05) is 27.7 Å². The van der Waals surface area contributed by atoms with Crippen molar-refractivity contribution in [2.75, 3.05) is 13.2 Å². The van der Waals surface area contributed by atoms with Crippen molar-refractivity contribution >= 4 is 5.91 Å². The standard InChI is InChI=1S/C13H27NO3/c1-10(2)17-7-6-12(16)14-9-13(4,5)8-11(3)15/h10-11,15H,6-9H2,1-5H3,(H,14,16). The molecule has 0 bridgehead atoms. The van der Waals surface area contributed by atoms with Gasteiger partial charge >= 0.3 is 0 Å². The van der Waals surface area contributed by atoms with Crippen molar-refractivity contribution < 1.29 is 14.6 Å². The zero-order chi connectivity index (χ0) is 13.5. The molecule has 0 saturated carbocycles. The molecule has 0 aliphatic heterocycles. The van der Waals surface area contributed by atoms with E-state index in [-0.39, 0.29) is 23.5 Å². The molecule has 0 fully saturated rings. The maximum absolute atomic E-state index is 11.5. The molecule has 0 aromatic rings. The summed E-state index contributed by atoms with van der Waals surface area (Å²) < 4.78 is 5.31. The number of hydrogen-bond donors (Lipinski definition) is 2. The van der Waals surface area contributed by atoms with Crippen LogP contribution < -0.4 is 5.32 Å². The maximum atomic E-state index is 11.5. The third-order valence-electron chi connectivity index (χ3n) is 2.39. The number of amides is 1. The van der Waals surface area contributed by atoms with Crippen molar-refractivity contribution in [3.05, 3.63) is 0 Å². The number of aliphatic hydroxyl groups excluding tert-OH is 1. The Morgan fingerprint density at radius 2 is 1.94 bits per heavy atom. The Morgan fingerprint density at radius 3 is 2.41 bits per heavy atom. The van der Waals surface area contributed by atoms with Crippen molar-refractivity contribution in [1.29, 1.82) is 0 Å². The van der Waals surface area contributed by atoms with Gasteiger partial charge in [-0.25, -0.2) is 0 Å². The second-order valence-corrected chi connectivity index (χ2v) is 5.66. The molecule has 102 valence electrons. The Morgan fingerprint density at radius 1 is 1.35 bits per heavy atom. The molecule has 4 heteroatoms. The van der Waals surface area contributed by atoms with Gasteiger partial charge < -0.3 is 15.2 Å². The smallest absolute Gasteiger partial charge is 0.222 e. The summed E-state index contributed by atoms with van der Waals surface area (Å²) in [6.45, 7) is 10.8. The van der Waals surface area contributed by atoms with Gasteiger partial charge in [-0.05, 0) is 32.6 Å². The summed E-state index contributed by atoms with van der Waals surface area (Å²) in [5.74, 6) is 0.00400. The Labute approximate surface area is 105 Å². The molecule has 0 aliphatic carbocycles. The SMILES string of the molecule is CC(O)CC(C)(C)CNC(=O)CCOC(C)C. The second-order valence-electron chi connectivity index (χ2n) is 5.66. The van der Waals surface area contributed by atoms with Gasteiger partial charge in [0.15, 0.2) is 0 Å². The highest BCUT2D eigenvalue weighted by Crippen LogP contribution is 2.20. The topological polar surface area (TPSA) is 58.6 Å². The maximum Gasteiger partial charge on any atom is 0.222 e. The van der Waals surface area contributed by atoms with Crippen LogP contribution in [0.5, 0.6) is 0 Å². The highest BCUT2D eigenvalue weighted by atomic mass is 16.5. The molecule has 0 radical (unpaired) electrons. The van der Waals surface area contributed by atoms with Crippen LogP contribution in [-0.2, 0) is 9.53 Å². The second kappa shape index (κ2) is 7.67. The Hall–Kier alpha value is -0.610. The summed E-state index contributed by atoms with van der Waals surface area (Å²) in [4.78, 5) is 11.5. The quantitative estimate of drug-likeness (QED) is 0.684. The van der Waals surface area contributed by atoms with E-state index in [9.17, 15) is 9.90 Å². The lowest BCUT2D eigenvalue weighted by Crippen LogP contribution is -2.36. The molecule has 0 saturated heterocycles. The molecule has 1 atom stereocenters. The fourth-order valence-corrected chi connectivity index (χ4v) is 1.69. The van der Waals surface area contributed by atoms with Crippen molar-refractivity contribution in [3.63, 3.8) is 0 Å². The van der Waals surface area contributed by atoms with Crippen molar-refractivity contribution in [2.45, 2.75) is 59.7 Å². The molecule has 2 N–H and O–H groups in total. The lowest BCUT2D eigenvalue weighted by Gasteiger charge is -2.26. The van der Waals surface area contributed by atoms with Crippen LogP contribution in [0.25, 0.3) is 0 Å². The molecule has 4 nitrogen and oxygen atoms in total. The molecular formula is C13H27NO3. The number of rotatable bonds is 8. The van der Waals surface area contributed by atoms with E-state index in [0.29, 0.717) is 26.0 Å². The molecule has 0 aromatic heterocycles. The molecule has 0 aromatic carbocycles. The van der Waals surface area contributed by atoms with Gasteiger partial charge in [-0.1, -0.05) is 13.8 Å². The summed E-state index contributed by atoms with van der Waals surface area (Å²) >= 11 is 0. The Balaban J connectivity index is 3.75. The van der Waals surface area contributed by atoms with E-state index >= 15 is 0 Å². The molecule has 0 aliphatic rings. The lowest BCUT2D eigenvalue weighted by molar-refractivity contribution is -0.123. The first-order chi connectivity index (χ1) is 7.73. The zero-order valence-electron chi connectivity index (χ0n) is 11.7. The van der Waals surface area contributed by atoms with Crippen LogP contribution in [0.4, 0.5) is 0 Å². The number of aliphatic hydroxyl groups is 1. The molecular weight excluding hydrogens is 218 g/mol. The van der Waals surface area contributed by atoms with Crippen LogP contribution >= 0.6 is 0 Å². The van der Waals surface area contributed by atoms with Gasteiger partial charge in [-0.15, -0.1) is 0 Å². The predicted octanol–water partition coefficient (Wildman–Crippen LogP) is 1.71. The van der Waals surface area contributed by atoms with E-state index in [1.54, 1.807) is 6.92 Å². The number of hydrogen-bond acceptors (Lipinski definition) is 3. The van der Waals surface area contributed by atoms with Crippen LogP contribution in [0.15, 0.2) is 0 Å². The van der Waals surface area contributed by atoms with Crippen molar-refractivity contribution in [1.82, 2.24) is 5.32 Å². The van der Waals surface area contributed by atoms with Crippen molar-refractivity contribution in [2.24, 2.45) is 5.41 Å². The molecule has 0 spiro atoms. The normalized spacial score (nSPS) is 13.8. The minimum Gasteiger partial charge on any atom is -0.393 e. The molecule has 0 heterocycles. The van der Waals surface area contributed by atoms with Gasteiger partial charge in [0.1, 0.15) is 0 Å². The van der Waals surface area contributed by atoms with Crippen LogP contribution in [-0.4, -0.2) is 36.4 Å². The summed E-state index contributed by atoms with van der Waals surface area (Å²) in [6.07, 6.45) is 0.888. The van der Waals surface area contributed by atoms with Gasteiger partial charge in [0.25, 0.3) is 0 Å². The predicted molar refractivity (Wildman–Crippen MR) is 68.8 cm³/mol. The van der Waals surface area contributed by atoms with Crippen molar-refractivity contribution in [3.8, 4) is 0 Å². The lowest BCUT2D eigenvalue weighted by atomic mass is 9.87. The molecule has 17 heavy (non-hydrogen) atoms. The Kier molecular flexibility index (Phi) is 7.39. The largest absolute Gasteiger partial charge is 0.393 e. The average Bonchev–Trinajstić information content (AvgIpc) is 2.12. The number of nitrogens with one attached hydrogen (secondary N) is 1. The van der Waals surface area contributed by atoms with Gasteiger partial charge in [-0.3, -0.25) is 4.79 Å². The van der Waals surface area contributed by atoms with Crippen LogP contribution in [0.2, 0.25) is 0 Å².